The van der Waals surface area contributed by atoms with Gasteiger partial charge in [-0.05, 0) is 54.7 Å². The van der Waals surface area contributed by atoms with Gasteiger partial charge in [-0.2, -0.15) is 0 Å². The molecule has 1 aliphatic rings. The molecule has 4 rings (SSSR count). The van der Waals surface area contributed by atoms with Crippen molar-refractivity contribution in [3.63, 3.8) is 0 Å². The van der Waals surface area contributed by atoms with Crippen LogP contribution in [0.3, 0.4) is 0 Å². The molecule has 1 fully saturated rings. The Labute approximate surface area is 135 Å². The number of rotatable bonds is 3. The number of thiophene rings is 1. The molecule has 2 nitrogen and oxygen atoms in total. The summed E-state index contributed by atoms with van der Waals surface area (Å²) in [5, 5.41) is 16.8. The van der Waals surface area contributed by atoms with Crippen LogP contribution in [0.25, 0.3) is 10.8 Å². The van der Waals surface area contributed by atoms with E-state index in [9.17, 15) is 5.11 Å². The van der Waals surface area contributed by atoms with Crippen LogP contribution in [0.4, 0.5) is 0 Å². The number of hydrogen-bond donors (Lipinski definition) is 2. The van der Waals surface area contributed by atoms with Crippen molar-refractivity contribution in [3.8, 4) is 5.75 Å². The Balaban J connectivity index is 0.000000131. The van der Waals surface area contributed by atoms with Gasteiger partial charge in [0.25, 0.3) is 0 Å². The molecular weight excluding hydrogens is 290 g/mol. The van der Waals surface area contributed by atoms with Crippen molar-refractivity contribution in [1.29, 1.82) is 0 Å². The standard InChI is InChI=1S/C10H8O.C9H13NS/c11-10-7-3-5-8-4-1-2-6-9(8)10;1-10-6-7-5-8(7)9-3-2-4-11-9/h1-7,11H;2-4,7-8,10H,5-6H2,1H3/t;7-,8-/m.0/s1. The maximum Gasteiger partial charge on any atom is 0.123 e. The highest BCUT2D eigenvalue weighted by atomic mass is 32.1. The zero-order valence-electron chi connectivity index (χ0n) is 12.7. The van der Waals surface area contributed by atoms with Gasteiger partial charge in [-0.25, -0.2) is 0 Å². The predicted molar refractivity (Wildman–Crippen MR) is 94.7 cm³/mol. The minimum atomic E-state index is 0.350. The molecule has 22 heavy (non-hydrogen) atoms. The quantitative estimate of drug-likeness (QED) is 0.740. The second-order valence-corrected chi connectivity index (χ2v) is 6.65. The molecule has 3 heteroatoms. The third kappa shape index (κ3) is 3.49. The molecule has 0 radical (unpaired) electrons. The fraction of sp³-hybridized carbons (Fsp3) is 0.263. The zero-order chi connectivity index (χ0) is 15.4. The van der Waals surface area contributed by atoms with Crippen molar-refractivity contribution >= 4 is 22.1 Å². The van der Waals surface area contributed by atoms with Gasteiger partial charge in [0.05, 0.1) is 0 Å². The molecular formula is C19H21NOS. The molecule has 0 bridgehead atoms. The number of hydrogen-bond acceptors (Lipinski definition) is 3. The van der Waals surface area contributed by atoms with Gasteiger partial charge >= 0.3 is 0 Å². The maximum atomic E-state index is 9.37. The zero-order valence-corrected chi connectivity index (χ0v) is 13.5. The Kier molecular flexibility index (Phi) is 4.76. The molecule has 0 unspecified atom stereocenters. The summed E-state index contributed by atoms with van der Waals surface area (Å²) in [5.74, 6) is 2.14. The van der Waals surface area contributed by atoms with Crippen LogP contribution >= 0.6 is 11.3 Å². The largest absolute Gasteiger partial charge is 0.507 e. The molecule has 0 saturated heterocycles. The van der Waals surface area contributed by atoms with Crippen molar-refractivity contribution in [3.05, 3.63) is 64.9 Å². The smallest absolute Gasteiger partial charge is 0.123 e. The summed E-state index contributed by atoms with van der Waals surface area (Å²) in [6, 6.07) is 17.7. The van der Waals surface area contributed by atoms with Gasteiger partial charge in [0.2, 0.25) is 0 Å². The van der Waals surface area contributed by atoms with Gasteiger partial charge < -0.3 is 10.4 Å². The third-order valence-corrected chi connectivity index (χ3v) is 5.07. The minimum Gasteiger partial charge on any atom is -0.507 e. The molecule has 1 aliphatic carbocycles. The molecule has 2 N–H and O–H groups in total. The Hall–Kier alpha value is -1.84. The van der Waals surface area contributed by atoms with Crippen molar-refractivity contribution in [2.75, 3.05) is 13.6 Å². The normalized spacial score (nSPS) is 19.5. The SMILES string of the molecule is CNC[C@@H]1C[C@@H]1c1cccs1.Oc1cccc2ccccc12. The van der Waals surface area contributed by atoms with Crippen LogP contribution in [0.1, 0.15) is 17.2 Å². The topological polar surface area (TPSA) is 32.3 Å². The van der Waals surface area contributed by atoms with E-state index in [4.69, 9.17) is 0 Å². The van der Waals surface area contributed by atoms with Crippen LogP contribution in [0, 0.1) is 5.92 Å². The average molecular weight is 311 g/mol. The lowest BCUT2D eigenvalue weighted by atomic mass is 10.1. The predicted octanol–water partition coefficient (Wildman–Crippen LogP) is 4.62. The fourth-order valence-electron chi connectivity index (χ4n) is 2.79. The van der Waals surface area contributed by atoms with E-state index in [2.05, 4.69) is 22.8 Å². The highest BCUT2D eigenvalue weighted by Crippen LogP contribution is 2.48. The molecule has 0 spiro atoms. The number of phenolic OH excluding ortho intramolecular Hbond substituents is 1. The van der Waals surface area contributed by atoms with Crippen LogP contribution in [0.2, 0.25) is 0 Å². The molecule has 0 amide bonds. The summed E-state index contributed by atoms with van der Waals surface area (Å²) in [4.78, 5) is 1.57. The summed E-state index contributed by atoms with van der Waals surface area (Å²) >= 11 is 1.90. The monoisotopic (exact) mass is 311 g/mol. The Morgan fingerprint density at radius 2 is 1.91 bits per heavy atom. The fourth-order valence-corrected chi connectivity index (χ4v) is 3.73. The van der Waals surface area contributed by atoms with Gasteiger partial charge in [0, 0.05) is 10.3 Å². The van der Waals surface area contributed by atoms with E-state index in [1.165, 1.54) is 13.0 Å². The Morgan fingerprint density at radius 1 is 1.09 bits per heavy atom. The molecule has 3 aromatic rings. The Bertz CT molecular complexity index is 718. The molecule has 1 saturated carbocycles. The molecule has 114 valence electrons. The van der Waals surface area contributed by atoms with Gasteiger partial charge in [-0.1, -0.05) is 42.5 Å². The summed E-state index contributed by atoms with van der Waals surface area (Å²) in [6.07, 6.45) is 1.39. The van der Waals surface area contributed by atoms with E-state index in [1.807, 2.05) is 54.8 Å². The summed E-state index contributed by atoms with van der Waals surface area (Å²) < 4.78 is 0. The first kappa shape index (κ1) is 15.1. The number of nitrogens with one attached hydrogen (secondary N) is 1. The van der Waals surface area contributed by atoms with Crippen LogP contribution in [0.15, 0.2) is 60.0 Å². The first-order valence-electron chi connectivity index (χ1n) is 7.64. The molecule has 1 heterocycles. The second kappa shape index (κ2) is 6.95. The van der Waals surface area contributed by atoms with Crippen molar-refractivity contribution < 1.29 is 5.11 Å². The van der Waals surface area contributed by atoms with Gasteiger partial charge in [0.1, 0.15) is 5.75 Å². The molecule has 1 aromatic heterocycles. The highest BCUT2D eigenvalue weighted by Gasteiger charge is 2.37. The number of benzene rings is 2. The lowest BCUT2D eigenvalue weighted by molar-refractivity contribution is 0.481. The second-order valence-electron chi connectivity index (χ2n) is 5.67. The van der Waals surface area contributed by atoms with Gasteiger partial charge in [0.15, 0.2) is 0 Å². The van der Waals surface area contributed by atoms with E-state index in [-0.39, 0.29) is 0 Å². The van der Waals surface area contributed by atoms with Crippen molar-refractivity contribution in [2.24, 2.45) is 5.92 Å². The van der Waals surface area contributed by atoms with Gasteiger partial charge in [-0.3, -0.25) is 0 Å². The van der Waals surface area contributed by atoms with Crippen molar-refractivity contribution in [1.82, 2.24) is 5.32 Å². The van der Waals surface area contributed by atoms with E-state index in [0.29, 0.717) is 5.75 Å². The van der Waals surface area contributed by atoms with E-state index in [1.54, 1.807) is 10.9 Å². The molecule has 0 aliphatic heterocycles. The third-order valence-electron chi connectivity index (χ3n) is 4.06. The van der Waals surface area contributed by atoms with E-state index >= 15 is 0 Å². The summed E-state index contributed by atoms with van der Waals surface area (Å²) in [7, 11) is 2.03. The Morgan fingerprint density at radius 3 is 2.64 bits per heavy atom. The van der Waals surface area contributed by atoms with Crippen LogP contribution in [-0.2, 0) is 0 Å². The summed E-state index contributed by atoms with van der Waals surface area (Å²) in [5.41, 5.74) is 0. The lowest BCUT2D eigenvalue weighted by Gasteiger charge is -1.97. The maximum absolute atomic E-state index is 9.37. The average Bonchev–Trinajstić information content (AvgIpc) is 3.10. The molecule has 2 atom stereocenters. The van der Waals surface area contributed by atoms with Crippen LogP contribution in [-0.4, -0.2) is 18.7 Å². The molecule has 2 aromatic carbocycles. The van der Waals surface area contributed by atoms with Crippen molar-refractivity contribution in [2.45, 2.75) is 12.3 Å². The van der Waals surface area contributed by atoms with E-state index in [0.717, 1.165) is 22.6 Å². The summed E-state index contributed by atoms with van der Waals surface area (Å²) in [6.45, 7) is 1.18. The van der Waals surface area contributed by atoms with Crippen LogP contribution in [0.5, 0.6) is 5.75 Å². The highest BCUT2D eigenvalue weighted by molar-refractivity contribution is 7.10. The first-order chi connectivity index (χ1) is 10.8. The first-order valence-corrected chi connectivity index (χ1v) is 8.52. The lowest BCUT2D eigenvalue weighted by Crippen LogP contribution is -2.09. The van der Waals surface area contributed by atoms with E-state index < -0.39 is 0 Å². The minimum absolute atomic E-state index is 0.350. The number of fused-ring (bicyclic) bond motifs is 1. The van der Waals surface area contributed by atoms with Crippen LogP contribution < -0.4 is 5.32 Å². The number of aromatic hydroxyl groups is 1. The number of phenols is 1. The van der Waals surface area contributed by atoms with Gasteiger partial charge in [-0.15, -0.1) is 11.3 Å².